The van der Waals surface area contributed by atoms with E-state index < -0.39 is 5.90 Å². The van der Waals surface area contributed by atoms with Gasteiger partial charge in [-0.3, -0.25) is 4.40 Å². The SMILES string of the molecule is N=C([O-])c1c(N)ncn2ccnc12. The molecule has 0 fully saturated rings. The smallest absolute Gasteiger partial charge is 0.149 e. The van der Waals surface area contributed by atoms with Crippen molar-refractivity contribution in [1.29, 1.82) is 5.41 Å². The predicted molar refractivity (Wildman–Crippen MR) is 44.2 cm³/mol. The number of nitrogens with one attached hydrogen (secondary N) is 1. The maximum absolute atomic E-state index is 10.9. The minimum absolute atomic E-state index is 0.0405. The maximum atomic E-state index is 10.9. The highest BCUT2D eigenvalue weighted by Gasteiger charge is 2.06. The van der Waals surface area contributed by atoms with Gasteiger partial charge in [-0.15, -0.1) is 0 Å². The molecule has 0 aliphatic carbocycles. The summed E-state index contributed by atoms with van der Waals surface area (Å²) in [6.07, 6.45) is 4.60. The minimum atomic E-state index is -0.873. The van der Waals surface area contributed by atoms with Crippen LogP contribution in [0.4, 0.5) is 5.82 Å². The first-order chi connectivity index (χ1) is 6.20. The summed E-state index contributed by atoms with van der Waals surface area (Å²) in [6.45, 7) is 0. The third-order valence-corrected chi connectivity index (χ3v) is 1.70. The summed E-state index contributed by atoms with van der Waals surface area (Å²) in [5.74, 6) is -0.833. The second kappa shape index (κ2) is 2.44. The van der Waals surface area contributed by atoms with E-state index in [0.29, 0.717) is 5.65 Å². The summed E-state index contributed by atoms with van der Waals surface area (Å²) < 4.78 is 1.54. The van der Waals surface area contributed by atoms with E-state index in [0.717, 1.165) is 0 Å². The fraction of sp³-hybridized carbons (Fsp3) is 0. The molecule has 0 atom stereocenters. The zero-order chi connectivity index (χ0) is 9.42. The molecule has 0 amide bonds. The van der Waals surface area contributed by atoms with Crippen molar-refractivity contribution in [2.24, 2.45) is 0 Å². The molecule has 0 aliphatic rings. The summed E-state index contributed by atoms with van der Waals surface area (Å²) in [6, 6.07) is 0. The van der Waals surface area contributed by atoms with Crippen LogP contribution in [0.2, 0.25) is 0 Å². The van der Waals surface area contributed by atoms with Crippen LogP contribution in [-0.4, -0.2) is 20.3 Å². The average Bonchev–Trinajstić information content (AvgIpc) is 2.50. The third-order valence-electron chi connectivity index (χ3n) is 1.70. The normalized spacial score (nSPS) is 10.5. The molecule has 0 radical (unpaired) electrons. The molecule has 2 heterocycles. The van der Waals surface area contributed by atoms with E-state index in [1.807, 2.05) is 0 Å². The molecule has 0 saturated heterocycles. The van der Waals surface area contributed by atoms with Crippen molar-refractivity contribution in [3.63, 3.8) is 0 Å². The third kappa shape index (κ3) is 0.994. The van der Waals surface area contributed by atoms with Gasteiger partial charge in [-0.25, -0.2) is 9.97 Å². The van der Waals surface area contributed by atoms with Crippen molar-refractivity contribution in [3.8, 4) is 0 Å². The number of anilines is 1. The molecule has 6 nitrogen and oxygen atoms in total. The van der Waals surface area contributed by atoms with Gasteiger partial charge in [0.2, 0.25) is 0 Å². The van der Waals surface area contributed by atoms with E-state index in [9.17, 15) is 5.11 Å². The topological polar surface area (TPSA) is 103 Å². The van der Waals surface area contributed by atoms with Gasteiger partial charge in [0.1, 0.15) is 17.8 Å². The molecule has 2 aromatic rings. The number of imidazole rings is 1. The van der Waals surface area contributed by atoms with E-state index in [1.165, 1.54) is 16.9 Å². The Morgan fingerprint density at radius 2 is 2.31 bits per heavy atom. The van der Waals surface area contributed by atoms with Gasteiger partial charge >= 0.3 is 0 Å². The second-order valence-electron chi connectivity index (χ2n) is 2.49. The lowest BCUT2D eigenvalue weighted by molar-refractivity contribution is -0.214. The van der Waals surface area contributed by atoms with E-state index in [-0.39, 0.29) is 11.4 Å². The summed E-state index contributed by atoms with van der Waals surface area (Å²) in [4.78, 5) is 7.66. The van der Waals surface area contributed by atoms with Crippen LogP contribution >= 0.6 is 0 Å². The Morgan fingerprint density at radius 1 is 1.54 bits per heavy atom. The zero-order valence-corrected chi connectivity index (χ0v) is 6.56. The Balaban J connectivity index is 2.88. The molecule has 6 heteroatoms. The second-order valence-corrected chi connectivity index (χ2v) is 2.49. The number of aromatic nitrogens is 3. The van der Waals surface area contributed by atoms with Gasteiger partial charge < -0.3 is 16.2 Å². The number of rotatable bonds is 1. The molecular weight excluding hydrogens is 170 g/mol. The van der Waals surface area contributed by atoms with Gasteiger partial charge in [0.15, 0.2) is 0 Å². The molecule has 2 rings (SSSR count). The molecule has 0 spiro atoms. The fourth-order valence-electron chi connectivity index (χ4n) is 1.12. The van der Waals surface area contributed by atoms with Crippen LogP contribution < -0.4 is 10.8 Å². The largest absolute Gasteiger partial charge is 0.858 e. The molecule has 2 aromatic heterocycles. The number of nitrogens with two attached hydrogens (primary N) is 1. The lowest BCUT2D eigenvalue weighted by Crippen LogP contribution is -2.20. The monoisotopic (exact) mass is 176 g/mol. The lowest BCUT2D eigenvalue weighted by Gasteiger charge is -2.10. The van der Waals surface area contributed by atoms with Crippen LogP contribution in [0.15, 0.2) is 18.7 Å². The van der Waals surface area contributed by atoms with Crippen molar-refractivity contribution in [3.05, 3.63) is 24.3 Å². The highest BCUT2D eigenvalue weighted by Crippen LogP contribution is 2.12. The first-order valence-corrected chi connectivity index (χ1v) is 3.53. The fourth-order valence-corrected chi connectivity index (χ4v) is 1.12. The summed E-state index contributed by atoms with van der Waals surface area (Å²) in [5.41, 5.74) is 5.86. The minimum Gasteiger partial charge on any atom is -0.858 e. The van der Waals surface area contributed by atoms with Gasteiger partial charge in [0.05, 0.1) is 5.56 Å². The lowest BCUT2D eigenvalue weighted by atomic mass is 10.3. The zero-order valence-electron chi connectivity index (χ0n) is 6.56. The maximum Gasteiger partial charge on any atom is 0.149 e. The van der Waals surface area contributed by atoms with Crippen LogP contribution in [0, 0.1) is 5.41 Å². The molecule has 0 aliphatic heterocycles. The van der Waals surface area contributed by atoms with Crippen LogP contribution in [-0.2, 0) is 0 Å². The van der Waals surface area contributed by atoms with Crippen molar-refractivity contribution >= 4 is 17.4 Å². The number of hydrogen-bond acceptors (Lipinski definition) is 5. The number of nitrogen functional groups attached to an aromatic ring is 1. The van der Waals surface area contributed by atoms with Gasteiger partial charge in [-0.05, 0) is 5.90 Å². The average molecular weight is 176 g/mol. The van der Waals surface area contributed by atoms with Crippen LogP contribution in [0.25, 0.3) is 5.65 Å². The van der Waals surface area contributed by atoms with Crippen molar-refractivity contribution in [1.82, 2.24) is 14.4 Å². The van der Waals surface area contributed by atoms with Crippen molar-refractivity contribution in [2.75, 3.05) is 5.73 Å². The van der Waals surface area contributed by atoms with E-state index >= 15 is 0 Å². The Labute approximate surface area is 73.2 Å². The highest BCUT2D eigenvalue weighted by atomic mass is 16.3. The van der Waals surface area contributed by atoms with Crippen LogP contribution in [0.1, 0.15) is 5.56 Å². The molecule has 3 N–H and O–H groups in total. The summed E-state index contributed by atoms with van der Waals surface area (Å²) in [7, 11) is 0. The molecule has 13 heavy (non-hydrogen) atoms. The Morgan fingerprint density at radius 3 is 3.00 bits per heavy atom. The first-order valence-electron chi connectivity index (χ1n) is 3.53. The van der Waals surface area contributed by atoms with Crippen molar-refractivity contribution < 1.29 is 5.11 Å². The number of hydrogen-bond donors (Lipinski definition) is 2. The van der Waals surface area contributed by atoms with E-state index in [4.69, 9.17) is 11.1 Å². The van der Waals surface area contributed by atoms with Crippen molar-refractivity contribution in [2.45, 2.75) is 0 Å². The summed E-state index contributed by atoms with van der Waals surface area (Å²) >= 11 is 0. The summed E-state index contributed by atoms with van der Waals surface area (Å²) in [5, 5.41) is 17.8. The predicted octanol–water partition coefficient (Wildman–Crippen LogP) is -1.00. The van der Waals surface area contributed by atoms with E-state index in [2.05, 4.69) is 9.97 Å². The molecule has 0 bridgehead atoms. The molecular formula is C7H6N5O-. The Bertz CT molecular complexity index is 475. The van der Waals surface area contributed by atoms with Gasteiger partial charge in [-0.2, -0.15) is 0 Å². The first kappa shape index (κ1) is 7.53. The Kier molecular flexibility index (Phi) is 1.42. The van der Waals surface area contributed by atoms with E-state index in [1.54, 1.807) is 6.20 Å². The van der Waals surface area contributed by atoms with Gasteiger partial charge in [0.25, 0.3) is 0 Å². The van der Waals surface area contributed by atoms with Crippen LogP contribution in [0.3, 0.4) is 0 Å². The molecule has 0 aromatic carbocycles. The van der Waals surface area contributed by atoms with Gasteiger partial charge in [-0.1, -0.05) is 0 Å². The molecule has 0 saturated carbocycles. The standard InChI is InChI=1S/C7H7N5O/c8-5-4(6(9)13)7-10-1-2-12(7)3-11-5/h1-3H,8H2,(H2,9,13)/p-1. The Hall–Kier alpha value is -2.11. The molecule has 0 unspecified atom stereocenters. The highest BCUT2D eigenvalue weighted by molar-refractivity contribution is 5.99. The molecule has 66 valence electrons. The number of nitrogens with zero attached hydrogens (tertiary/aromatic N) is 3. The number of fused-ring (bicyclic) bond motifs is 1. The van der Waals surface area contributed by atoms with Crippen LogP contribution in [0.5, 0.6) is 0 Å². The van der Waals surface area contributed by atoms with Gasteiger partial charge in [0, 0.05) is 12.4 Å². The quantitative estimate of drug-likeness (QED) is 0.429.